The molecule has 2 aromatic carbocycles. The summed E-state index contributed by atoms with van der Waals surface area (Å²) in [7, 11) is 0. The van der Waals surface area contributed by atoms with Gasteiger partial charge in [-0.15, -0.1) is 0 Å². The predicted octanol–water partition coefficient (Wildman–Crippen LogP) is 10.4. The zero-order chi connectivity index (χ0) is 40.5. The Morgan fingerprint density at radius 2 is 0.825 bits per heavy atom. The molecule has 10 heteroatoms. The number of carbonyl (C=O) groups is 2. The summed E-state index contributed by atoms with van der Waals surface area (Å²) in [5.41, 5.74) is 2.26. The van der Waals surface area contributed by atoms with Crippen LogP contribution in [0.1, 0.15) is 146 Å². The van der Waals surface area contributed by atoms with E-state index in [1.165, 1.54) is 50.7 Å². The number of amides is 2. The largest absolute Gasteiger partial charge is 0.493 e. The third kappa shape index (κ3) is 18.0. The Kier molecular flexibility index (Phi) is 20.8. The first-order chi connectivity index (χ1) is 27.8. The van der Waals surface area contributed by atoms with Crippen LogP contribution in [0.2, 0.25) is 0 Å². The highest BCUT2D eigenvalue weighted by atomic mass is 16.5. The second kappa shape index (κ2) is 26.3. The summed E-state index contributed by atoms with van der Waals surface area (Å²) in [4.78, 5) is 47.6. The highest BCUT2D eigenvalue weighted by molar-refractivity contribution is 5.82. The number of nitrogens with one attached hydrogen (secondary N) is 2. The molecule has 4 rings (SSSR count). The molecule has 2 heterocycles. The molecule has 0 bridgehead atoms. The lowest BCUT2D eigenvalue weighted by Gasteiger charge is -2.08. The van der Waals surface area contributed by atoms with Gasteiger partial charge in [0.2, 0.25) is 11.8 Å². The molecule has 57 heavy (non-hydrogen) atoms. The Morgan fingerprint density at radius 1 is 0.474 bits per heavy atom. The second-order valence-corrected chi connectivity index (χ2v) is 15.4. The summed E-state index contributed by atoms with van der Waals surface area (Å²) in [5, 5.41) is 7.94. The molecule has 2 N–H and O–H groups in total. The van der Waals surface area contributed by atoms with E-state index in [1.807, 2.05) is 38.1 Å². The highest BCUT2D eigenvalue weighted by Crippen LogP contribution is 2.24. The molecule has 0 saturated heterocycles. The van der Waals surface area contributed by atoms with Crippen LogP contribution in [-0.2, 0) is 9.59 Å². The molecular formula is C47H66N2O8. The molecule has 0 saturated carbocycles. The summed E-state index contributed by atoms with van der Waals surface area (Å²) >= 11 is 0. The summed E-state index contributed by atoms with van der Waals surface area (Å²) in [6.45, 7) is 6.51. The molecule has 0 radical (unpaired) electrons. The van der Waals surface area contributed by atoms with Crippen LogP contribution in [0.3, 0.4) is 0 Å². The first-order valence-corrected chi connectivity index (χ1v) is 21.7. The van der Waals surface area contributed by atoms with Crippen LogP contribution in [0.15, 0.2) is 67.0 Å². The molecule has 2 aromatic heterocycles. The average Bonchev–Trinajstić information content (AvgIpc) is 3.18. The van der Waals surface area contributed by atoms with E-state index in [1.54, 1.807) is 12.1 Å². The molecule has 0 fully saturated rings. The van der Waals surface area contributed by atoms with Gasteiger partial charge in [0, 0.05) is 61.0 Å². The first-order valence-electron chi connectivity index (χ1n) is 21.7. The normalized spacial score (nSPS) is 11.3. The lowest BCUT2D eigenvalue weighted by Crippen LogP contribution is -2.25. The predicted molar refractivity (Wildman–Crippen MR) is 228 cm³/mol. The van der Waals surface area contributed by atoms with Crippen molar-refractivity contribution >= 4 is 33.8 Å². The van der Waals surface area contributed by atoms with Gasteiger partial charge in [0.1, 0.15) is 22.7 Å². The third-order valence-corrected chi connectivity index (χ3v) is 10.5. The van der Waals surface area contributed by atoms with Crippen molar-refractivity contribution in [1.29, 1.82) is 0 Å². The molecule has 10 nitrogen and oxygen atoms in total. The maximum atomic E-state index is 12.2. The molecule has 312 valence electrons. The van der Waals surface area contributed by atoms with E-state index >= 15 is 0 Å². The number of rotatable bonds is 30. The Bertz CT molecular complexity index is 1780. The maximum Gasteiger partial charge on any atom is 0.336 e. The van der Waals surface area contributed by atoms with Crippen LogP contribution in [-0.4, -0.2) is 38.1 Å². The number of benzene rings is 2. The topological polar surface area (TPSA) is 137 Å². The smallest absolute Gasteiger partial charge is 0.336 e. The standard InChI is InChI=1S/C47H66N2O8/c1-36-32-46(52)56-42-34-38(24-26-40(36)42)54-30-20-13-9-5-3-7-11-16-22-44(50)48-28-18-15-19-29-49-45(51)23-17-12-8-4-6-10-14-21-31-55-39-25-27-41-37(2)33-47(53)57-43(41)35-39/h24-27,32-35H,3-23,28-31H2,1-2H3,(H,48,50)(H,49,51). The van der Waals surface area contributed by atoms with E-state index in [0.29, 0.717) is 50.3 Å². The number of ether oxygens (including phenoxy) is 2. The average molecular weight is 787 g/mol. The summed E-state index contributed by atoms with van der Waals surface area (Å²) < 4.78 is 22.3. The lowest BCUT2D eigenvalue weighted by atomic mass is 10.1. The first kappa shape index (κ1) is 45.1. The van der Waals surface area contributed by atoms with Crippen molar-refractivity contribution in [3.8, 4) is 11.5 Å². The van der Waals surface area contributed by atoms with Crippen molar-refractivity contribution in [3.63, 3.8) is 0 Å². The molecule has 0 aliphatic rings. The van der Waals surface area contributed by atoms with E-state index in [-0.39, 0.29) is 23.1 Å². The second-order valence-electron chi connectivity index (χ2n) is 15.4. The highest BCUT2D eigenvalue weighted by Gasteiger charge is 2.07. The minimum absolute atomic E-state index is 0.142. The molecule has 2 amide bonds. The zero-order valence-electron chi connectivity index (χ0n) is 34.6. The number of fused-ring (bicyclic) bond motifs is 2. The van der Waals surface area contributed by atoms with Crippen molar-refractivity contribution < 1.29 is 27.9 Å². The van der Waals surface area contributed by atoms with Gasteiger partial charge >= 0.3 is 11.3 Å². The van der Waals surface area contributed by atoms with Crippen molar-refractivity contribution in [2.24, 2.45) is 0 Å². The molecule has 0 spiro atoms. The van der Waals surface area contributed by atoms with Gasteiger partial charge in [-0.2, -0.15) is 0 Å². The number of carbonyl (C=O) groups excluding carboxylic acids is 2. The number of unbranched alkanes of at least 4 members (excludes halogenated alkanes) is 16. The van der Waals surface area contributed by atoms with Gasteiger partial charge < -0.3 is 28.9 Å². The SMILES string of the molecule is Cc1cc(=O)oc2cc(OCCCCCCCCCCC(=O)NCCCCCNC(=O)CCCCCCCCCCOc3ccc4c(C)cc(=O)oc4c3)ccc12. The number of hydrogen-bond acceptors (Lipinski definition) is 8. The van der Waals surface area contributed by atoms with Crippen LogP contribution in [0.5, 0.6) is 11.5 Å². The van der Waals surface area contributed by atoms with Crippen LogP contribution in [0.4, 0.5) is 0 Å². The zero-order valence-corrected chi connectivity index (χ0v) is 34.6. The van der Waals surface area contributed by atoms with E-state index < -0.39 is 0 Å². The Morgan fingerprint density at radius 3 is 1.23 bits per heavy atom. The van der Waals surface area contributed by atoms with Gasteiger partial charge in [-0.25, -0.2) is 9.59 Å². The fourth-order valence-corrected chi connectivity index (χ4v) is 7.13. The van der Waals surface area contributed by atoms with Crippen LogP contribution < -0.4 is 31.4 Å². The Hall–Kier alpha value is -4.60. The van der Waals surface area contributed by atoms with Gasteiger partial charge in [0.25, 0.3) is 0 Å². The van der Waals surface area contributed by atoms with E-state index in [4.69, 9.17) is 18.3 Å². The molecule has 4 aromatic rings. The Balaban J connectivity index is 0.836. The van der Waals surface area contributed by atoms with Crippen LogP contribution in [0.25, 0.3) is 21.9 Å². The summed E-state index contributed by atoms with van der Waals surface area (Å²) in [6.07, 6.45) is 21.8. The van der Waals surface area contributed by atoms with Gasteiger partial charge in [0.15, 0.2) is 0 Å². The van der Waals surface area contributed by atoms with Gasteiger partial charge in [-0.1, -0.05) is 77.0 Å². The van der Waals surface area contributed by atoms with Crippen LogP contribution >= 0.6 is 0 Å². The van der Waals surface area contributed by atoms with Crippen molar-refractivity contribution in [2.45, 2.75) is 149 Å². The summed E-state index contributed by atoms with van der Waals surface area (Å²) in [5.74, 6) is 1.74. The molecule has 0 unspecified atom stereocenters. The molecule has 0 aliphatic heterocycles. The fraction of sp³-hybridized carbons (Fsp3) is 0.574. The molecule has 0 aliphatic carbocycles. The van der Waals surface area contributed by atoms with E-state index in [9.17, 15) is 19.2 Å². The lowest BCUT2D eigenvalue weighted by molar-refractivity contribution is -0.121. The van der Waals surface area contributed by atoms with Gasteiger partial charge in [0.05, 0.1) is 13.2 Å². The quantitative estimate of drug-likeness (QED) is 0.0394. The third-order valence-electron chi connectivity index (χ3n) is 10.5. The minimum atomic E-state index is -0.339. The summed E-state index contributed by atoms with van der Waals surface area (Å²) in [6, 6.07) is 14.3. The van der Waals surface area contributed by atoms with Crippen molar-refractivity contribution in [3.05, 3.63) is 80.5 Å². The van der Waals surface area contributed by atoms with Crippen molar-refractivity contribution in [2.75, 3.05) is 26.3 Å². The van der Waals surface area contributed by atoms with Gasteiger partial charge in [-0.3, -0.25) is 9.59 Å². The monoisotopic (exact) mass is 786 g/mol. The maximum absolute atomic E-state index is 12.2. The minimum Gasteiger partial charge on any atom is -0.493 e. The molecular weight excluding hydrogens is 721 g/mol. The van der Waals surface area contributed by atoms with Crippen LogP contribution in [0, 0.1) is 13.8 Å². The van der Waals surface area contributed by atoms with Crippen molar-refractivity contribution in [1.82, 2.24) is 10.6 Å². The van der Waals surface area contributed by atoms with E-state index in [2.05, 4.69) is 10.6 Å². The van der Waals surface area contributed by atoms with Gasteiger partial charge in [-0.05, 0) is 94.2 Å². The molecule has 0 atom stereocenters. The van der Waals surface area contributed by atoms with E-state index in [0.717, 1.165) is 117 Å². The Labute approximate surface area is 338 Å². The number of aryl methyl sites for hydroxylation is 2. The number of hydrogen-bond donors (Lipinski definition) is 2. The fourth-order valence-electron chi connectivity index (χ4n) is 7.13.